The van der Waals surface area contributed by atoms with Crippen LogP contribution in [0, 0.1) is 11.3 Å². The van der Waals surface area contributed by atoms with Gasteiger partial charge in [0.25, 0.3) is 5.91 Å². The Bertz CT molecular complexity index is 1710. The fraction of sp³-hybridized carbons (Fsp3) is 0.419. The van der Waals surface area contributed by atoms with E-state index in [2.05, 4.69) is 63.8 Å². The number of piperazine rings is 1. The van der Waals surface area contributed by atoms with Crippen LogP contribution in [0.1, 0.15) is 12.0 Å². The molecule has 1 unspecified atom stereocenters. The fourth-order valence-electron chi connectivity index (χ4n) is 5.97. The third kappa shape index (κ3) is 6.67. The highest BCUT2D eigenvalue weighted by Crippen LogP contribution is 2.29. The van der Waals surface area contributed by atoms with Gasteiger partial charge in [-0.25, -0.2) is 19.2 Å². The first kappa shape index (κ1) is 30.4. The largest absolute Gasteiger partial charge is 0.486 e. The van der Waals surface area contributed by atoms with Crippen molar-refractivity contribution in [2.75, 3.05) is 62.7 Å². The molecular formula is C31H32FN11O4. The Morgan fingerprint density at radius 3 is 2.57 bits per heavy atom. The number of carbonyl (C=O) groups is 2. The number of alkyl halides is 1. The van der Waals surface area contributed by atoms with E-state index >= 15 is 4.39 Å². The molecule has 16 heteroatoms. The van der Waals surface area contributed by atoms with Crippen LogP contribution in [0.5, 0.6) is 5.75 Å². The van der Waals surface area contributed by atoms with Gasteiger partial charge in [0, 0.05) is 56.1 Å². The molecule has 3 saturated heterocycles. The number of halogens is 1. The molecule has 3 amide bonds. The molecule has 0 radical (unpaired) electrons. The number of nitriles is 1. The predicted molar refractivity (Wildman–Crippen MR) is 166 cm³/mol. The first-order valence-corrected chi connectivity index (χ1v) is 15.4. The molecule has 47 heavy (non-hydrogen) atoms. The van der Waals surface area contributed by atoms with Gasteiger partial charge in [-0.05, 0) is 42.5 Å². The molecule has 0 bridgehead atoms. The Labute approximate surface area is 269 Å². The lowest BCUT2D eigenvalue weighted by atomic mass is 10.0. The van der Waals surface area contributed by atoms with Crippen molar-refractivity contribution in [2.24, 2.45) is 10.2 Å². The summed E-state index contributed by atoms with van der Waals surface area (Å²) in [4.78, 5) is 43.0. The Morgan fingerprint density at radius 1 is 1.09 bits per heavy atom. The Morgan fingerprint density at radius 2 is 1.89 bits per heavy atom. The lowest BCUT2D eigenvalue weighted by Gasteiger charge is -2.43. The maximum atomic E-state index is 15.1. The zero-order valence-electron chi connectivity index (χ0n) is 25.3. The fourth-order valence-corrected chi connectivity index (χ4v) is 5.97. The van der Waals surface area contributed by atoms with Crippen LogP contribution >= 0.6 is 0 Å². The molecule has 5 heterocycles. The summed E-state index contributed by atoms with van der Waals surface area (Å²) in [6.45, 7) is 5.63. The lowest BCUT2D eigenvalue weighted by molar-refractivity contribution is -0.136. The monoisotopic (exact) mass is 641 g/mol. The minimum Gasteiger partial charge on any atom is -0.486 e. The summed E-state index contributed by atoms with van der Waals surface area (Å²) in [5.41, 5.74) is 2.73. The highest BCUT2D eigenvalue weighted by Gasteiger charge is 2.37. The Kier molecular flexibility index (Phi) is 8.55. The van der Waals surface area contributed by atoms with Crippen molar-refractivity contribution in [1.82, 2.24) is 30.1 Å². The normalized spacial score (nSPS) is 23.1. The zero-order valence-corrected chi connectivity index (χ0v) is 25.3. The van der Waals surface area contributed by atoms with Crippen molar-refractivity contribution in [1.29, 1.82) is 5.26 Å². The van der Waals surface area contributed by atoms with E-state index in [4.69, 9.17) is 9.47 Å². The number of rotatable bonds is 8. The van der Waals surface area contributed by atoms with E-state index in [1.54, 1.807) is 18.2 Å². The number of urea groups is 1. The summed E-state index contributed by atoms with van der Waals surface area (Å²) in [5, 5.41) is 22.2. The van der Waals surface area contributed by atoms with E-state index in [9.17, 15) is 14.9 Å². The molecular weight excluding hydrogens is 609 g/mol. The molecule has 0 saturated carbocycles. The van der Waals surface area contributed by atoms with Crippen LogP contribution in [0.25, 0.3) is 11.4 Å². The summed E-state index contributed by atoms with van der Waals surface area (Å²) in [5.74, 6) is 0.378. The van der Waals surface area contributed by atoms with Crippen LogP contribution < -0.4 is 20.3 Å². The third-order valence-electron chi connectivity index (χ3n) is 8.70. The quantitative estimate of drug-likeness (QED) is 0.370. The topological polar surface area (TPSA) is 174 Å². The predicted octanol–water partition coefficient (Wildman–Crippen LogP) is 2.49. The van der Waals surface area contributed by atoms with Gasteiger partial charge in [-0.1, -0.05) is 5.11 Å². The van der Waals surface area contributed by atoms with Crippen molar-refractivity contribution in [3.8, 4) is 23.2 Å². The van der Waals surface area contributed by atoms with Gasteiger partial charge in [-0.15, -0.1) is 5.11 Å². The number of piperidine rings is 1. The number of amides is 3. The number of hydrogen-bond acceptors (Lipinski definition) is 12. The number of hydrogen-bond donors (Lipinski definition) is 2. The van der Waals surface area contributed by atoms with Crippen LogP contribution in [0.15, 0.2) is 59.0 Å². The number of ether oxygens (including phenoxy) is 2. The first-order chi connectivity index (χ1) is 22.9. The Hall–Kier alpha value is -5.27. The van der Waals surface area contributed by atoms with Gasteiger partial charge >= 0.3 is 6.03 Å². The molecule has 15 nitrogen and oxygen atoms in total. The number of aromatic nitrogens is 3. The van der Waals surface area contributed by atoms with Crippen molar-refractivity contribution in [3.05, 3.63) is 54.4 Å². The van der Waals surface area contributed by atoms with Crippen LogP contribution in [0.4, 0.5) is 26.5 Å². The molecule has 0 aliphatic carbocycles. The smallest absolute Gasteiger partial charge is 0.361 e. The second-order valence-corrected chi connectivity index (χ2v) is 11.7. The number of likely N-dealkylation sites (tertiary alicyclic amines) is 1. The van der Waals surface area contributed by atoms with E-state index in [1.165, 1.54) is 11.2 Å². The van der Waals surface area contributed by atoms with E-state index < -0.39 is 30.4 Å². The molecule has 0 spiro atoms. The zero-order chi connectivity index (χ0) is 32.3. The molecule has 242 valence electrons. The van der Waals surface area contributed by atoms with Crippen LogP contribution in [0.3, 0.4) is 0 Å². The minimum absolute atomic E-state index is 0.188. The van der Waals surface area contributed by atoms with Crippen LogP contribution in [-0.4, -0.2) is 114 Å². The maximum absolute atomic E-state index is 15.1. The van der Waals surface area contributed by atoms with Crippen LogP contribution in [0.2, 0.25) is 0 Å². The van der Waals surface area contributed by atoms with Gasteiger partial charge < -0.3 is 29.9 Å². The molecule has 2 N–H and O–H groups in total. The lowest BCUT2D eigenvalue weighted by Crippen LogP contribution is -2.56. The number of carbonyl (C=O) groups excluding carboxylic acids is 2. The number of anilines is 3. The van der Waals surface area contributed by atoms with E-state index in [0.29, 0.717) is 23.4 Å². The maximum Gasteiger partial charge on any atom is 0.361 e. The average molecular weight is 642 g/mol. The highest BCUT2D eigenvalue weighted by molar-refractivity contribution is 5.89. The molecule has 1 aromatic heterocycles. The third-order valence-corrected chi connectivity index (χ3v) is 8.70. The summed E-state index contributed by atoms with van der Waals surface area (Å²) in [6, 6.07) is 15.0. The van der Waals surface area contributed by atoms with E-state index in [1.807, 2.05) is 12.1 Å². The van der Waals surface area contributed by atoms with Gasteiger partial charge in [0.15, 0.2) is 12.0 Å². The first-order valence-electron chi connectivity index (χ1n) is 15.4. The van der Waals surface area contributed by atoms with Crippen LogP contribution in [-0.2, 0) is 9.53 Å². The van der Waals surface area contributed by atoms with Gasteiger partial charge in [0.2, 0.25) is 12.1 Å². The standard InChI is InChI=1S/C31H32FN11O4/c32-24-15-43(29(44)28-38-31(45)40-39-28)8-7-26(24)47-25-6-1-19(13-20(25)14-33)27-34-18-35-30(37-27)36-21-2-4-22(5-3-21)41-9-11-42(12-10-41)23-16-46-17-23/h1-6,13,18,23-24,26,28H,7-12,15-17H2,(H,38,45)(H,34,35,36,37)/t24-,26+,28?/m1/s1. The Balaban J connectivity index is 0.958. The van der Waals surface area contributed by atoms with Crippen molar-refractivity contribution >= 4 is 29.3 Å². The molecule has 7 rings (SSSR count). The SMILES string of the molecule is N#Cc1cc(-c2ncnc(Nc3ccc(N4CCN(C5COC5)CC4)cc3)n2)ccc1O[C@H]1CCN(C(=O)C2N=NC(=O)N2)C[C@H]1F. The second-order valence-electron chi connectivity index (χ2n) is 11.7. The molecule has 4 aliphatic rings. The average Bonchev–Trinajstić information content (AvgIpc) is 3.51. The molecule has 3 fully saturated rings. The highest BCUT2D eigenvalue weighted by atomic mass is 19.1. The second kappa shape index (κ2) is 13.2. The molecule has 3 atom stereocenters. The van der Waals surface area contributed by atoms with Gasteiger partial charge in [-0.3, -0.25) is 9.69 Å². The van der Waals surface area contributed by atoms with Gasteiger partial charge in [0.05, 0.1) is 31.4 Å². The summed E-state index contributed by atoms with van der Waals surface area (Å²) in [6.07, 6.45) is -1.95. The van der Waals surface area contributed by atoms with Crippen molar-refractivity contribution in [3.63, 3.8) is 0 Å². The van der Waals surface area contributed by atoms with E-state index in [0.717, 1.165) is 50.8 Å². The summed E-state index contributed by atoms with van der Waals surface area (Å²) >= 11 is 0. The number of benzene rings is 2. The summed E-state index contributed by atoms with van der Waals surface area (Å²) < 4.78 is 26.3. The molecule has 3 aromatic rings. The van der Waals surface area contributed by atoms with Crippen molar-refractivity contribution < 1.29 is 23.5 Å². The van der Waals surface area contributed by atoms with Gasteiger partial charge in [-0.2, -0.15) is 10.2 Å². The molecule has 2 aromatic carbocycles. The van der Waals surface area contributed by atoms with Crippen molar-refractivity contribution in [2.45, 2.75) is 30.9 Å². The number of nitrogens with zero attached hydrogens (tertiary/aromatic N) is 9. The van der Waals surface area contributed by atoms with Gasteiger partial charge in [0.1, 0.15) is 24.3 Å². The van der Waals surface area contributed by atoms with E-state index in [-0.39, 0.29) is 30.8 Å². The number of nitrogens with one attached hydrogen (secondary N) is 2. The number of azo groups is 1. The molecule has 4 aliphatic heterocycles. The summed E-state index contributed by atoms with van der Waals surface area (Å²) in [7, 11) is 0. The minimum atomic E-state index is -1.52.